The van der Waals surface area contributed by atoms with Crippen LogP contribution in [0.25, 0.3) is 0 Å². The van der Waals surface area contributed by atoms with Crippen molar-refractivity contribution in [3.05, 3.63) is 41.4 Å². The van der Waals surface area contributed by atoms with Crippen LogP contribution in [0.5, 0.6) is 0 Å². The summed E-state index contributed by atoms with van der Waals surface area (Å²) in [6, 6.07) is 6.02. The van der Waals surface area contributed by atoms with Crippen LogP contribution in [0.1, 0.15) is 12.8 Å². The SMILES string of the molecule is O=S(=O)(N/N=C1\C[C@@H]2C=CC[C@@H]12)c1ccc(Cl)cc1. The zero-order chi connectivity index (χ0) is 13.5. The molecule has 0 amide bonds. The van der Waals surface area contributed by atoms with E-state index in [0.29, 0.717) is 16.9 Å². The summed E-state index contributed by atoms with van der Waals surface area (Å²) in [5, 5.41) is 4.55. The second-order valence-electron chi connectivity index (χ2n) is 4.79. The van der Waals surface area contributed by atoms with E-state index >= 15 is 0 Å². The maximum Gasteiger partial charge on any atom is 0.276 e. The highest BCUT2D eigenvalue weighted by atomic mass is 35.5. The Morgan fingerprint density at radius 3 is 2.68 bits per heavy atom. The molecule has 4 nitrogen and oxygen atoms in total. The number of hydrazone groups is 1. The monoisotopic (exact) mass is 296 g/mol. The van der Waals surface area contributed by atoms with E-state index in [0.717, 1.165) is 18.6 Å². The predicted octanol–water partition coefficient (Wildman–Crippen LogP) is 2.57. The van der Waals surface area contributed by atoms with Crippen molar-refractivity contribution in [3.63, 3.8) is 0 Å². The molecule has 3 rings (SSSR count). The van der Waals surface area contributed by atoms with E-state index in [4.69, 9.17) is 11.6 Å². The molecule has 0 unspecified atom stereocenters. The fourth-order valence-electron chi connectivity index (χ4n) is 2.45. The van der Waals surface area contributed by atoms with Gasteiger partial charge in [-0.1, -0.05) is 23.8 Å². The summed E-state index contributed by atoms with van der Waals surface area (Å²) >= 11 is 5.73. The van der Waals surface area contributed by atoms with Gasteiger partial charge in [-0.05, 0) is 43.0 Å². The molecule has 0 heterocycles. The lowest BCUT2D eigenvalue weighted by Crippen LogP contribution is -2.35. The van der Waals surface area contributed by atoms with E-state index in [1.165, 1.54) is 12.1 Å². The summed E-state index contributed by atoms with van der Waals surface area (Å²) in [6.45, 7) is 0. The lowest BCUT2D eigenvalue weighted by atomic mass is 9.74. The summed E-state index contributed by atoms with van der Waals surface area (Å²) in [6.07, 6.45) is 6.12. The molecule has 0 radical (unpaired) electrons. The van der Waals surface area contributed by atoms with Gasteiger partial charge < -0.3 is 0 Å². The van der Waals surface area contributed by atoms with E-state index in [1.54, 1.807) is 12.1 Å². The standard InChI is InChI=1S/C13H13ClN2O2S/c14-10-4-6-11(7-5-10)19(17,18)16-15-13-8-9-2-1-3-12(9)13/h1-2,4-7,9,12,16H,3,8H2/b15-13+/t9-,12+/m0/s1. The molecule has 2 aliphatic rings. The third-order valence-electron chi connectivity index (χ3n) is 3.60. The number of nitrogens with zero attached hydrogens (tertiary/aromatic N) is 1. The van der Waals surface area contributed by atoms with Crippen LogP contribution in [0.3, 0.4) is 0 Å². The Morgan fingerprint density at radius 2 is 2.00 bits per heavy atom. The van der Waals surface area contributed by atoms with Gasteiger partial charge in [-0.25, -0.2) is 4.83 Å². The minimum absolute atomic E-state index is 0.168. The van der Waals surface area contributed by atoms with Crippen LogP contribution < -0.4 is 4.83 Å². The van der Waals surface area contributed by atoms with E-state index < -0.39 is 10.0 Å². The van der Waals surface area contributed by atoms with Gasteiger partial charge in [-0.2, -0.15) is 13.5 Å². The van der Waals surface area contributed by atoms with Gasteiger partial charge in [-0.3, -0.25) is 0 Å². The molecule has 1 aromatic rings. The first-order valence-electron chi connectivity index (χ1n) is 6.07. The molecule has 1 fully saturated rings. The molecule has 0 aromatic heterocycles. The van der Waals surface area contributed by atoms with Gasteiger partial charge in [0.05, 0.1) is 4.90 Å². The van der Waals surface area contributed by atoms with Crippen molar-refractivity contribution in [2.75, 3.05) is 0 Å². The van der Waals surface area contributed by atoms with E-state index in [-0.39, 0.29) is 4.90 Å². The zero-order valence-corrected chi connectivity index (χ0v) is 11.7. The van der Waals surface area contributed by atoms with Crippen molar-refractivity contribution in [3.8, 4) is 0 Å². The second-order valence-corrected chi connectivity index (χ2v) is 6.89. The Hall–Kier alpha value is -1.33. The molecule has 1 N–H and O–H groups in total. The summed E-state index contributed by atoms with van der Waals surface area (Å²) in [7, 11) is -3.59. The van der Waals surface area contributed by atoms with Crippen LogP contribution in [0.15, 0.2) is 46.4 Å². The maximum absolute atomic E-state index is 12.0. The highest BCUT2D eigenvalue weighted by molar-refractivity contribution is 7.89. The molecule has 0 bridgehead atoms. The molecule has 2 aliphatic carbocycles. The number of fused-ring (bicyclic) bond motifs is 1. The third-order valence-corrected chi connectivity index (χ3v) is 5.07. The molecule has 100 valence electrons. The van der Waals surface area contributed by atoms with Gasteiger partial charge in [0.2, 0.25) is 0 Å². The van der Waals surface area contributed by atoms with Crippen molar-refractivity contribution in [1.82, 2.24) is 4.83 Å². The Morgan fingerprint density at radius 1 is 1.26 bits per heavy atom. The van der Waals surface area contributed by atoms with E-state index in [2.05, 4.69) is 22.1 Å². The largest absolute Gasteiger partial charge is 0.276 e. The number of halogens is 1. The van der Waals surface area contributed by atoms with Gasteiger partial charge in [0.15, 0.2) is 0 Å². The average molecular weight is 297 g/mol. The molecular weight excluding hydrogens is 284 g/mol. The summed E-state index contributed by atoms with van der Waals surface area (Å²) < 4.78 is 24.0. The quantitative estimate of drug-likeness (QED) is 0.688. The fourth-order valence-corrected chi connectivity index (χ4v) is 3.41. The Balaban J connectivity index is 1.72. The smallest absolute Gasteiger partial charge is 0.200 e. The molecule has 1 aromatic carbocycles. The van der Waals surface area contributed by atoms with Crippen molar-refractivity contribution in [2.24, 2.45) is 16.9 Å². The molecule has 1 saturated carbocycles. The number of hydrogen-bond donors (Lipinski definition) is 1. The molecule has 6 heteroatoms. The first-order chi connectivity index (χ1) is 9.06. The predicted molar refractivity (Wildman–Crippen MR) is 74.6 cm³/mol. The number of rotatable bonds is 3. The van der Waals surface area contributed by atoms with Crippen molar-refractivity contribution in [2.45, 2.75) is 17.7 Å². The van der Waals surface area contributed by atoms with Crippen LogP contribution >= 0.6 is 11.6 Å². The molecular formula is C13H13ClN2O2S. The normalized spacial score (nSPS) is 27.1. The van der Waals surface area contributed by atoms with Gasteiger partial charge in [0.25, 0.3) is 10.0 Å². The Kier molecular flexibility index (Phi) is 3.11. The van der Waals surface area contributed by atoms with Crippen LogP contribution in [0.2, 0.25) is 5.02 Å². The number of benzene rings is 1. The summed E-state index contributed by atoms with van der Waals surface area (Å²) in [5.74, 6) is 0.951. The second kappa shape index (κ2) is 4.65. The minimum Gasteiger partial charge on any atom is -0.200 e. The lowest BCUT2D eigenvalue weighted by Gasteiger charge is -2.31. The van der Waals surface area contributed by atoms with Gasteiger partial charge in [0, 0.05) is 16.7 Å². The summed E-state index contributed by atoms with van der Waals surface area (Å²) in [4.78, 5) is 2.47. The number of sulfonamides is 1. The Labute approximate surface area is 117 Å². The molecule has 2 atom stereocenters. The van der Waals surface area contributed by atoms with Crippen LogP contribution in [-0.2, 0) is 10.0 Å². The van der Waals surface area contributed by atoms with Gasteiger partial charge >= 0.3 is 0 Å². The molecule has 0 saturated heterocycles. The minimum atomic E-state index is -3.59. The topological polar surface area (TPSA) is 58.5 Å². The Bertz CT molecular complexity index is 650. The maximum atomic E-state index is 12.0. The third kappa shape index (κ3) is 2.40. The van der Waals surface area contributed by atoms with Crippen LogP contribution in [0.4, 0.5) is 0 Å². The van der Waals surface area contributed by atoms with Gasteiger partial charge in [0.1, 0.15) is 0 Å². The number of nitrogens with one attached hydrogen (secondary N) is 1. The zero-order valence-electron chi connectivity index (χ0n) is 10.1. The van der Waals surface area contributed by atoms with Crippen molar-refractivity contribution < 1.29 is 8.42 Å². The van der Waals surface area contributed by atoms with Crippen LogP contribution in [-0.4, -0.2) is 14.1 Å². The average Bonchev–Trinajstić information content (AvgIpc) is 2.72. The van der Waals surface area contributed by atoms with Gasteiger partial charge in [-0.15, -0.1) is 0 Å². The fraction of sp³-hybridized carbons (Fsp3) is 0.308. The highest BCUT2D eigenvalue weighted by Crippen LogP contribution is 2.40. The number of allylic oxidation sites excluding steroid dienone is 2. The highest BCUT2D eigenvalue weighted by Gasteiger charge is 2.38. The molecule has 0 spiro atoms. The van der Waals surface area contributed by atoms with E-state index in [1.807, 2.05) is 0 Å². The first kappa shape index (κ1) is 12.7. The van der Waals surface area contributed by atoms with Crippen LogP contribution in [0, 0.1) is 11.8 Å². The van der Waals surface area contributed by atoms with Crippen molar-refractivity contribution >= 4 is 27.3 Å². The first-order valence-corrected chi connectivity index (χ1v) is 7.93. The summed E-state index contributed by atoms with van der Waals surface area (Å²) in [5.41, 5.74) is 0.938. The number of hydrogen-bond acceptors (Lipinski definition) is 3. The molecule has 0 aliphatic heterocycles. The lowest BCUT2D eigenvalue weighted by molar-refractivity contribution is 0.463. The van der Waals surface area contributed by atoms with E-state index in [9.17, 15) is 8.42 Å². The molecule has 19 heavy (non-hydrogen) atoms. The van der Waals surface area contributed by atoms with Crippen molar-refractivity contribution in [1.29, 1.82) is 0 Å².